The molecule has 1 aliphatic carbocycles. The highest BCUT2D eigenvalue weighted by Crippen LogP contribution is 2.36. The molecule has 0 aliphatic heterocycles. The maximum absolute atomic E-state index is 12.7. The van der Waals surface area contributed by atoms with E-state index in [2.05, 4.69) is 15.1 Å². The molecule has 0 amide bonds. The third-order valence-corrected chi connectivity index (χ3v) is 4.95. The van der Waals surface area contributed by atoms with E-state index in [1.54, 1.807) is 0 Å². The molecule has 10 heteroatoms. The highest BCUT2D eigenvalue weighted by atomic mass is 19.4. The van der Waals surface area contributed by atoms with Gasteiger partial charge in [-0.3, -0.25) is 9.78 Å². The normalized spacial score (nSPS) is 17.7. The van der Waals surface area contributed by atoms with Gasteiger partial charge in [0.05, 0.1) is 11.6 Å². The van der Waals surface area contributed by atoms with Crippen molar-refractivity contribution >= 4 is 16.8 Å². The molecule has 0 radical (unpaired) electrons. The first-order valence-electron chi connectivity index (χ1n) is 9.50. The predicted octanol–water partition coefficient (Wildman–Crippen LogP) is 3.95. The summed E-state index contributed by atoms with van der Waals surface area (Å²) < 4.78 is 43.2. The topological polar surface area (TPSA) is 97.5 Å². The van der Waals surface area contributed by atoms with Crippen molar-refractivity contribution in [1.82, 2.24) is 9.97 Å². The quantitative estimate of drug-likeness (QED) is 0.749. The van der Waals surface area contributed by atoms with Gasteiger partial charge in [0.15, 0.2) is 0 Å². The van der Waals surface area contributed by atoms with Gasteiger partial charge in [-0.15, -0.1) is 0 Å². The largest absolute Gasteiger partial charge is 0.403 e. The number of rotatable bonds is 5. The van der Waals surface area contributed by atoms with Crippen LogP contribution in [-0.2, 0) is 6.42 Å². The Kier molecular flexibility index (Phi) is 6.09. The second-order valence-electron chi connectivity index (χ2n) is 7.64. The number of oxime groups is 1. The lowest BCUT2D eigenvalue weighted by atomic mass is 9.87. The van der Waals surface area contributed by atoms with Crippen molar-refractivity contribution in [2.75, 3.05) is 0 Å². The van der Waals surface area contributed by atoms with E-state index < -0.39 is 23.3 Å². The minimum absolute atomic E-state index is 0.0541. The number of aryl methyl sites for hydroxylation is 1. The minimum Gasteiger partial charge on any atom is -0.403 e. The lowest BCUT2D eigenvalue weighted by molar-refractivity contribution is -0.178. The highest BCUT2D eigenvalue weighted by Gasteiger charge is 2.40. The first kappa shape index (κ1) is 21.1. The summed E-state index contributed by atoms with van der Waals surface area (Å²) in [6, 6.07) is 0.999. The van der Waals surface area contributed by atoms with Gasteiger partial charge in [-0.25, -0.2) is 4.79 Å². The van der Waals surface area contributed by atoms with Gasteiger partial charge in [-0.2, -0.15) is 18.2 Å². The summed E-state index contributed by atoms with van der Waals surface area (Å²) in [5.41, 5.74) is -0.316. The SMILES string of the molecule is CC(C)CCc1cc(=O)oc2nc(ON=C3CCC(C(F)(F)F)CC3)[nH]c(=O)c12. The zero-order valence-corrected chi connectivity index (χ0v) is 16.1. The monoisotopic (exact) mass is 413 g/mol. The molecule has 1 saturated carbocycles. The van der Waals surface area contributed by atoms with Crippen molar-refractivity contribution in [2.45, 2.75) is 58.5 Å². The van der Waals surface area contributed by atoms with E-state index in [0.29, 0.717) is 23.6 Å². The van der Waals surface area contributed by atoms with Gasteiger partial charge in [0.25, 0.3) is 5.56 Å². The molecule has 1 fully saturated rings. The number of nitrogens with zero attached hydrogens (tertiary/aromatic N) is 2. The molecule has 158 valence electrons. The lowest BCUT2D eigenvalue weighted by Gasteiger charge is -2.24. The van der Waals surface area contributed by atoms with Crippen LogP contribution in [-0.4, -0.2) is 21.9 Å². The number of hydrogen-bond donors (Lipinski definition) is 1. The van der Waals surface area contributed by atoms with Crippen molar-refractivity contribution in [2.24, 2.45) is 17.0 Å². The number of nitrogens with one attached hydrogen (secondary N) is 1. The van der Waals surface area contributed by atoms with Crippen LogP contribution in [0.25, 0.3) is 11.1 Å². The van der Waals surface area contributed by atoms with Crippen LogP contribution in [0.2, 0.25) is 0 Å². The molecule has 2 aromatic heterocycles. The molecule has 0 aromatic carbocycles. The van der Waals surface area contributed by atoms with Crippen LogP contribution in [0.4, 0.5) is 13.2 Å². The molecule has 2 aromatic rings. The maximum Gasteiger partial charge on any atom is 0.391 e. The molecule has 0 bridgehead atoms. The molecule has 0 unspecified atom stereocenters. The number of hydrogen-bond acceptors (Lipinski definition) is 6. The van der Waals surface area contributed by atoms with Crippen molar-refractivity contribution < 1.29 is 22.4 Å². The lowest BCUT2D eigenvalue weighted by Crippen LogP contribution is -2.28. The summed E-state index contributed by atoms with van der Waals surface area (Å²) in [4.78, 5) is 35.8. The zero-order chi connectivity index (χ0) is 21.2. The average molecular weight is 413 g/mol. The smallest absolute Gasteiger partial charge is 0.391 e. The first-order valence-corrected chi connectivity index (χ1v) is 9.50. The second-order valence-corrected chi connectivity index (χ2v) is 7.64. The molecule has 1 aliphatic rings. The van der Waals surface area contributed by atoms with Crippen LogP contribution in [0.5, 0.6) is 6.01 Å². The van der Waals surface area contributed by atoms with Crippen molar-refractivity contribution in [1.29, 1.82) is 0 Å². The van der Waals surface area contributed by atoms with Gasteiger partial charge in [0, 0.05) is 6.07 Å². The molecule has 0 atom stereocenters. The molecule has 2 heterocycles. The molecule has 0 saturated heterocycles. The van der Waals surface area contributed by atoms with Gasteiger partial charge < -0.3 is 9.25 Å². The second kappa shape index (κ2) is 8.38. The number of aromatic nitrogens is 2. The number of aromatic amines is 1. The van der Waals surface area contributed by atoms with Gasteiger partial charge >= 0.3 is 17.8 Å². The molecule has 7 nitrogen and oxygen atoms in total. The fourth-order valence-electron chi connectivity index (χ4n) is 3.29. The fraction of sp³-hybridized carbons (Fsp3) is 0.579. The summed E-state index contributed by atoms with van der Waals surface area (Å²) in [6.07, 6.45) is -2.71. The maximum atomic E-state index is 12.7. The van der Waals surface area contributed by atoms with Crippen LogP contribution in [0.1, 0.15) is 51.5 Å². The fourth-order valence-corrected chi connectivity index (χ4v) is 3.29. The van der Waals surface area contributed by atoms with E-state index in [4.69, 9.17) is 9.25 Å². The molecular weight excluding hydrogens is 391 g/mol. The van der Waals surface area contributed by atoms with Crippen LogP contribution in [0.3, 0.4) is 0 Å². The van der Waals surface area contributed by atoms with Crippen LogP contribution >= 0.6 is 0 Å². The van der Waals surface area contributed by atoms with E-state index in [-0.39, 0.29) is 42.8 Å². The molecule has 1 N–H and O–H groups in total. The predicted molar refractivity (Wildman–Crippen MR) is 100 cm³/mol. The van der Waals surface area contributed by atoms with Crippen molar-refractivity contribution in [3.05, 3.63) is 32.4 Å². The summed E-state index contributed by atoms with van der Waals surface area (Å²) in [6.45, 7) is 4.06. The van der Waals surface area contributed by atoms with E-state index in [1.165, 1.54) is 6.07 Å². The third-order valence-electron chi connectivity index (χ3n) is 4.95. The Morgan fingerprint density at radius 3 is 2.62 bits per heavy atom. The number of alkyl halides is 3. The zero-order valence-electron chi connectivity index (χ0n) is 16.1. The number of halogens is 3. The van der Waals surface area contributed by atoms with E-state index in [1.807, 2.05) is 13.8 Å². The highest BCUT2D eigenvalue weighted by molar-refractivity contribution is 5.84. The molecule has 0 spiro atoms. The Bertz CT molecular complexity index is 1010. The molecule has 3 rings (SSSR count). The Labute approximate surface area is 164 Å². The first-order chi connectivity index (χ1) is 13.6. The Hall–Kier alpha value is -2.65. The van der Waals surface area contributed by atoms with E-state index in [9.17, 15) is 22.8 Å². The number of fused-ring (bicyclic) bond motifs is 1. The van der Waals surface area contributed by atoms with Gasteiger partial charge in [0.1, 0.15) is 5.39 Å². The summed E-state index contributed by atoms with van der Waals surface area (Å²) in [5, 5.41) is 4.00. The summed E-state index contributed by atoms with van der Waals surface area (Å²) in [5.74, 6) is -0.950. The van der Waals surface area contributed by atoms with Crippen LogP contribution in [0.15, 0.2) is 25.2 Å². The standard InChI is InChI=1S/C19H22F3N3O4/c1-10(2)3-4-11-9-14(26)28-17-15(11)16(27)23-18(24-17)29-25-13-7-5-12(6-8-13)19(20,21)22/h9-10,12H,3-8H2,1-2H3,(H,23,24,27). The van der Waals surface area contributed by atoms with Crippen molar-refractivity contribution in [3.8, 4) is 6.01 Å². The number of H-pyrrole nitrogens is 1. The van der Waals surface area contributed by atoms with Gasteiger partial charge in [-0.05, 0) is 50.0 Å². The summed E-state index contributed by atoms with van der Waals surface area (Å²) in [7, 11) is 0. The van der Waals surface area contributed by atoms with Crippen LogP contribution in [0, 0.1) is 11.8 Å². The molecular formula is C19H22F3N3O4. The van der Waals surface area contributed by atoms with Gasteiger partial charge in [-0.1, -0.05) is 19.0 Å². The summed E-state index contributed by atoms with van der Waals surface area (Å²) >= 11 is 0. The van der Waals surface area contributed by atoms with Crippen LogP contribution < -0.4 is 16.0 Å². The minimum atomic E-state index is -4.21. The third kappa shape index (κ3) is 5.24. The van der Waals surface area contributed by atoms with Crippen molar-refractivity contribution in [3.63, 3.8) is 0 Å². The Balaban J connectivity index is 1.80. The molecule has 29 heavy (non-hydrogen) atoms. The van der Waals surface area contributed by atoms with E-state index >= 15 is 0 Å². The average Bonchev–Trinajstić information content (AvgIpc) is 2.63. The Morgan fingerprint density at radius 1 is 1.31 bits per heavy atom. The van der Waals surface area contributed by atoms with Gasteiger partial charge in [0.2, 0.25) is 5.71 Å². The Morgan fingerprint density at radius 2 is 2.00 bits per heavy atom. The van der Waals surface area contributed by atoms with E-state index in [0.717, 1.165) is 6.42 Å².